The number of carbonyl (C=O) groups is 1. The fourth-order valence-electron chi connectivity index (χ4n) is 2.55. The van der Waals surface area contributed by atoms with Crippen molar-refractivity contribution in [1.29, 1.82) is 0 Å². The van der Waals surface area contributed by atoms with Gasteiger partial charge in [0.2, 0.25) is 0 Å². The summed E-state index contributed by atoms with van der Waals surface area (Å²) in [7, 11) is 1.41. The van der Waals surface area contributed by atoms with Crippen molar-refractivity contribution >= 4 is 29.2 Å². The summed E-state index contributed by atoms with van der Waals surface area (Å²) in [5.74, 6) is -0.209. The van der Waals surface area contributed by atoms with Crippen molar-refractivity contribution in [3.05, 3.63) is 33.8 Å². The maximum Gasteiger partial charge on any atom is 0.306 e. The molecule has 2 rings (SSSR count). The van der Waals surface area contributed by atoms with E-state index in [0.29, 0.717) is 29.6 Å². The summed E-state index contributed by atoms with van der Waals surface area (Å²) < 4.78 is 10.4. The SMILES string of the molecule is COC(=O)CCN(Cc1ccc(Cl)cc1Cl)CC1CCCO1. The van der Waals surface area contributed by atoms with Crippen molar-refractivity contribution in [2.75, 3.05) is 26.8 Å². The third-order valence-electron chi connectivity index (χ3n) is 3.75. The van der Waals surface area contributed by atoms with Crippen molar-refractivity contribution in [3.63, 3.8) is 0 Å². The molecule has 1 saturated heterocycles. The van der Waals surface area contributed by atoms with E-state index in [4.69, 9.17) is 32.7 Å². The van der Waals surface area contributed by atoms with E-state index in [0.717, 1.165) is 31.6 Å². The summed E-state index contributed by atoms with van der Waals surface area (Å²) in [6.07, 6.45) is 2.73. The second-order valence-electron chi connectivity index (χ2n) is 5.43. The Labute approximate surface area is 141 Å². The van der Waals surface area contributed by atoms with Gasteiger partial charge in [0.15, 0.2) is 0 Å². The number of halogens is 2. The third-order valence-corrected chi connectivity index (χ3v) is 4.34. The van der Waals surface area contributed by atoms with E-state index in [1.807, 2.05) is 12.1 Å². The molecule has 1 fully saturated rings. The molecule has 4 nitrogen and oxygen atoms in total. The van der Waals surface area contributed by atoms with E-state index >= 15 is 0 Å². The first kappa shape index (κ1) is 17.5. The predicted molar refractivity (Wildman–Crippen MR) is 87.3 cm³/mol. The van der Waals surface area contributed by atoms with E-state index in [2.05, 4.69) is 4.90 Å². The Morgan fingerprint density at radius 3 is 2.91 bits per heavy atom. The molecule has 0 spiro atoms. The van der Waals surface area contributed by atoms with E-state index in [-0.39, 0.29) is 12.1 Å². The Balaban J connectivity index is 1.99. The van der Waals surface area contributed by atoms with Crippen LogP contribution in [-0.2, 0) is 20.8 Å². The molecule has 0 amide bonds. The minimum Gasteiger partial charge on any atom is -0.469 e. The molecule has 1 aromatic carbocycles. The number of nitrogens with zero attached hydrogens (tertiary/aromatic N) is 1. The van der Waals surface area contributed by atoms with Crippen LogP contribution in [0.2, 0.25) is 10.0 Å². The monoisotopic (exact) mass is 345 g/mol. The fraction of sp³-hybridized carbons (Fsp3) is 0.562. The molecule has 0 saturated carbocycles. The average molecular weight is 346 g/mol. The number of ether oxygens (including phenoxy) is 2. The van der Waals surface area contributed by atoms with Gasteiger partial charge in [-0.05, 0) is 30.5 Å². The van der Waals surface area contributed by atoms with Gasteiger partial charge in [-0.25, -0.2) is 0 Å². The number of hydrogen-bond acceptors (Lipinski definition) is 4. The van der Waals surface area contributed by atoms with Crippen LogP contribution >= 0.6 is 23.2 Å². The van der Waals surface area contributed by atoms with Gasteiger partial charge in [-0.2, -0.15) is 0 Å². The van der Waals surface area contributed by atoms with Gasteiger partial charge in [0.25, 0.3) is 0 Å². The zero-order valence-electron chi connectivity index (χ0n) is 12.7. The lowest BCUT2D eigenvalue weighted by Gasteiger charge is -2.25. The van der Waals surface area contributed by atoms with Crippen LogP contribution in [0.4, 0.5) is 0 Å². The molecule has 1 aliphatic rings. The highest BCUT2D eigenvalue weighted by molar-refractivity contribution is 6.35. The average Bonchev–Trinajstić information content (AvgIpc) is 3.00. The quantitative estimate of drug-likeness (QED) is 0.708. The van der Waals surface area contributed by atoms with Crippen molar-refractivity contribution in [1.82, 2.24) is 4.90 Å². The molecule has 0 radical (unpaired) electrons. The summed E-state index contributed by atoms with van der Waals surface area (Å²) in [4.78, 5) is 13.6. The lowest BCUT2D eigenvalue weighted by Crippen LogP contribution is -2.33. The maximum atomic E-state index is 11.4. The Hall–Kier alpha value is -0.810. The topological polar surface area (TPSA) is 38.8 Å². The third kappa shape index (κ3) is 5.43. The molecule has 1 unspecified atom stereocenters. The number of esters is 1. The zero-order valence-corrected chi connectivity index (χ0v) is 14.2. The van der Waals surface area contributed by atoms with Crippen LogP contribution in [0.3, 0.4) is 0 Å². The highest BCUT2D eigenvalue weighted by Crippen LogP contribution is 2.23. The van der Waals surface area contributed by atoms with Crippen molar-refractivity contribution in [2.45, 2.75) is 31.9 Å². The van der Waals surface area contributed by atoms with Gasteiger partial charge in [-0.15, -0.1) is 0 Å². The fourth-order valence-corrected chi connectivity index (χ4v) is 3.02. The molecular formula is C16H21Cl2NO3. The van der Waals surface area contributed by atoms with Gasteiger partial charge in [0.05, 0.1) is 19.6 Å². The molecule has 1 aromatic rings. The molecule has 1 heterocycles. The lowest BCUT2D eigenvalue weighted by molar-refractivity contribution is -0.141. The van der Waals surface area contributed by atoms with Crippen molar-refractivity contribution < 1.29 is 14.3 Å². The molecule has 122 valence electrons. The first-order valence-electron chi connectivity index (χ1n) is 7.43. The molecule has 0 aliphatic carbocycles. The molecule has 0 N–H and O–H groups in total. The Bertz CT molecular complexity index is 504. The lowest BCUT2D eigenvalue weighted by atomic mass is 10.1. The molecule has 0 bridgehead atoms. The number of methoxy groups -OCH3 is 1. The number of hydrogen-bond donors (Lipinski definition) is 0. The van der Waals surface area contributed by atoms with Crippen LogP contribution in [0.25, 0.3) is 0 Å². The maximum absolute atomic E-state index is 11.4. The molecule has 0 aromatic heterocycles. The largest absolute Gasteiger partial charge is 0.469 e. The Kier molecular flexibility index (Phi) is 6.96. The minimum atomic E-state index is -0.209. The smallest absolute Gasteiger partial charge is 0.306 e. The number of benzene rings is 1. The summed E-state index contributed by atoms with van der Waals surface area (Å²) in [5, 5.41) is 1.26. The van der Waals surface area contributed by atoms with Gasteiger partial charge < -0.3 is 9.47 Å². The summed E-state index contributed by atoms with van der Waals surface area (Å²) in [6, 6.07) is 5.49. The van der Waals surface area contributed by atoms with Crippen LogP contribution in [0, 0.1) is 0 Å². The standard InChI is InChI=1S/C16H21Cl2NO3/c1-21-16(20)6-7-19(11-14-3-2-8-22-14)10-12-4-5-13(17)9-15(12)18/h4-5,9,14H,2-3,6-8,10-11H2,1H3. The van der Waals surface area contributed by atoms with E-state index in [9.17, 15) is 4.79 Å². The second-order valence-corrected chi connectivity index (χ2v) is 6.28. The summed E-state index contributed by atoms with van der Waals surface area (Å²) in [5.41, 5.74) is 0.994. The molecule has 1 atom stereocenters. The highest BCUT2D eigenvalue weighted by atomic mass is 35.5. The Morgan fingerprint density at radius 2 is 2.27 bits per heavy atom. The van der Waals surface area contributed by atoms with Crippen LogP contribution in [0.15, 0.2) is 18.2 Å². The van der Waals surface area contributed by atoms with Gasteiger partial charge in [-0.1, -0.05) is 29.3 Å². The minimum absolute atomic E-state index is 0.209. The molecule has 6 heteroatoms. The zero-order chi connectivity index (χ0) is 15.9. The normalized spacial score (nSPS) is 17.9. The predicted octanol–water partition coefficient (Wildman–Crippen LogP) is 3.54. The summed E-state index contributed by atoms with van der Waals surface area (Å²) >= 11 is 12.2. The number of rotatable bonds is 7. The van der Waals surface area contributed by atoms with Gasteiger partial charge >= 0.3 is 5.97 Å². The van der Waals surface area contributed by atoms with Gasteiger partial charge in [0.1, 0.15) is 0 Å². The highest BCUT2D eigenvalue weighted by Gasteiger charge is 2.20. The van der Waals surface area contributed by atoms with Crippen molar-refractivity contribution in [2.24, 2.45) is 0 Å². The van der Waals surface area contributed by atoms with Gasteiger partial charge in [-0.3, -0.25) is 9.69 Å². The second kappa shape index (κ2) is 8.73. The van der Waals surface area contributed by atoms with E-state index in [1.54, 1.807) is 6.07 Å². The van der Waals surface area contributed by atoms with E-state index in [1.165, 1.54) is 7.11 Å². The van der Waals surface area contributed by atoms with Gasteiger partial charge in [0, 0.05) is 36.3 Å². The van der Waals surface area contributed by atoms with Crippen LogP contribution in [-0.4, -0.2) is 43.8 Å². The summed E-state index contributed by atoms with van der Waals surface area (Å²) in [6.45, 7) is 2.88. The first-order valence-corrected chi connectivity index (χ1v) is 8.19. The van der Waals surface area contributed by atoms with E-state index < -0.39 is 0 Å². The van der Waals surface area contributed by atoms with Crippen LogP contribution < -0.4 is 0 Å². The molecular weight excluding hydrogens is 325 g/mol. The van der Waals surface area contributed by atoms with Crippen LogP contribution in [0.5, 0.6) is 0 Å². The van der Waals surface area contributed by atoms with Crippen molar-refractivity contribution in [3.8, 4) is 0 Å². The van der Waals surface area contributed by atoms with Crippen LogP contribution in [0.1, 0.15) is 24.8 Å². The molecule has 22 heavy (non-hydrogen) atoms. The Morgan fingerprint density at radius 1 is 1.45 bits per heavy atom. The first-order chi connectivity index (χ1) is 10.6. The molecule has 1 aliphatic heterocycles. The number of carbonyl (C=O) groups excluding carboxylic acids is 1.